The van der Waals surface area contributed by atoms with Crippen LogP contribution in [0.5, 0.6) is 11.5 Å². The number of benzene rings is 7. The highest BCUT2D eigenvalue weighted by Gasteiger charge is 2.24. The lowest BCUT2D eigenvalue weighted by molar-refractivity contribution is 0.436. The van der Waals surface area contributed by atoms with Gasteiger partial charge in [0, 0.05) is 62.0 Å². The Labute approximate surface area is 382 Å². The van der Waals surface area contributed by atoms with E-state index in [9.17, 15) is 0 Å². The van der Waals surface area contributed by atoms with Crippen molar-refractivity contribution >= 4 is 55.4 Å². The van der Waals surface area contributed by atoms with E-state index < -0.39 is 0 Å². The largest absolute Gasteiger partial charge is 0.455 e. The molecule has 63 heavy (non-hydrogen) atoms. The number of nitrogens with zero attached hydrogens (tertiary/aromatic N) is 2. The zero-order valence-corrected chi connectivity index (χ0v) is 40.7. The molecular formula is C59H68N2OS. The van der Waals surface area contributed by atoms with E-state index in [4.69, 9.17) is 4.74 Å². The molecule has 326 valence electrons. The third kappa shape index (κ3) is 9.93. The average Bonchev–Trinajstić information content (AvgIpc) is 3.77. The second-order valence-electron chi connectivity index (χ2n) is 17.0. The number of hydrogen-bond acceptors (Lipinski definition) is 2. The van der Waals surface area contributed by atoms with Crippen LogP contribution in [0.3, 0.4) is 0 Å². The van der Waals surface area contributed by atoms with Gasteiger partial charge >= 0.3 is 0 Å². The molecule has 2 heterocycles. The monoisotopic (exact) mass is 853 g/mol. The van der Waals surface area contributed by atoms with Gasteiger partial charge in [0.2, 0.25) is 0 Å². The molecule has 3 nitrogen and oxygen atoms in total. The molecule has 2 aromatic heterocycles. The number of para-hydroxylation sites is 3. The molecule has 0 aliphatic heterocycles. The molecule has 0 radical (unpaired) electrons. The van der Waals surface area contributed by atoms with E-state index in [1.54, 1.807) is 0 Å². The molecule has 0 spiro atoms. The van der Waals surface area contributed by atoms with Crippen molar-refractivity contribution in [1.82, 2.24) is 9.13 Å². The minimum absolute atomic E-state index is 0.0668. The van der Waals surface area contributed by atoms with Crippen LogP contribution in [0.4, 0.5) is 0 Å². The van der Waals surface area contributed by atoms with Crippen molar-refractivity contribution in [2.75, 3.05) is 0 Å². The predicted octanol–water partition coefficient (Wildman–Crippen LogP) is 17.8. The fraction of sp³-hybridized carbons (Fsp3) is 0.288. The minimum atomic E-state index is 0.0668. The quantitative estimate of drug-likeness (QED) is 0.144. The molecule has 0 amide bonds. The van der Waals surface area contributed by atoms with Crippen molar-refractivity contribution in [2.45, 2.75) is 110 Å². The van der Waals surface area contributed by atoms with Crippen LogP contribution in [-0.2, 0) is 19.5 Å². The van der Waals surface area contributed by atoms with E-state index in [0.717, 1.165) is 29.0 Å². The van der Waals surface area contributed by atoms with Crippen LogP contribution in [0.1, 0.15) is 101 Å². The van der Waals surface area contributed by atoms with Gasteiger partial charge in [-0.15, -0.1) is 0 Å². The Bertz CT molecular complexity index is 2910. The second-order valence-corrected chi connectivity index (χ2v) is 18.1. The first-order valence-corrected chi connectivity index (χ1v) is 23.8. The molecule has 0 aliphatic carbocycles. The molecule has 0 saturated carbocycles. The summed E-state index contributed by atoms with van der Waals surface area (Å²) in [4.78, 5) is 2.77. The highest BCUT2D eigenvalue weighted by molar-refractivity contribution is 7.99. The number of fused-ring (bicyclic) bond motifs is 6. The molecule has 7 aromatic carbocycles. The normalized spacial score (nSPS) is 11.3. The summed E-state index contributed by atoms with van der Waals surface area (Å²) in [5, 5.41) is 5.21. The Morgan fingerprint density at radius 3 is 1.65 bits per heavy atom. The number of aromatic nitrogens is 2. The second kappa shape index (κ2) is 21.1. The van der Waals surface area contributed by atoms with Gasteiger partial charge in [-0.3, -0.25) is 0 Å². The molecule has 0 N–H and O–H groups in total. The van der Waals surface area contributed by atoms with E-state index in [2.05, 4.69) is 212 Å². The number of ether oxygens (including phenoxy) is 1. The Hall–Kier alpha value is -5.71. The van der Waals surface area contributed by atoms with E-state index in [-0.39, 0.29) is 5.41 Å². The van der Waals surface area contributed by atoms with Gasteiger partial charge in [-0.2, -0.15) is 0 Å². The number of rotatable bonds is 9. The maximum atomic E-state index is 6.63. The number of hydrogen-bond donors (Lipinski definition) is 0. The van der Waals surface area contributed by atoms with Crippen LogP contribution in [0.25, 0.3) is 43.6 Å². The fourth-order valence-corrected chi connectivity index (χ4v) is 9.90. The standard InChI is InChI=1S/C25H27NO.C25H27NS.C7H8.C2H6/c1-6-25(3,4)20-12-8-10-14-22(20)27-24-17(2)15-16-19-18-11-7-9-13-21(18)26(5)23(19)24;1-5-18(6-2)19-15-16-21-20-12-8-9-13-22(20)26(4)24(21)25(19)27-23-14-10-7-11-17(23)3;1-7-5-3-2-4-6-7;1-2/h7-16H,6H2,1-5H3;7-16,18H,5-6H2,1-4H3;2-6H,1H3;1-2H3. The van der Waals surface area contributed by atoms with Crippen molar-refractivity contribution < 1.29 is 4.74 Å². The Morgan fingerprint density at radius 1 is 0.540 bits per heavy atom. The SMILES string of the molecule is CC.CCC(C)(C)c1ccccc1Oc1c(C)ccc2c3ccccc3n(C)c12.CCC(CC)c1ccc2c3ccccc3n(C)c2c1Sc1ccccc1C.Cc1ccccc1. The molecule has 9 aromatic rings. The van der Waals surface area contributed by atoms with Gasteiger partial charge in [-0.25, -0.2) is 0 Å². The summed E-state index contributed by atoms with van der Waals surface area (Å²) in [5.41, 5.74) is 11.7. The lowest BCUT2D eigenvalue weighted by Crippen LogP contribution is -2.16. The van der Waals surface area contributed by atoms with Gasteiger partial charge in [0.15, 0.2) is 5.75 Å². The first-order valence-electron chi connectivity index (χ1n) is 23.0. The van der Waals surface area contributed by atoms with Crippen molar-refractivity contribution in [3.05, 3.63) is 179 Å². The third-order valence-electron chi connectivity index (χ3n) is 12.7. The topological polar surface area (TPSA) is 19.1 Å². The van der Waals surface area contributed by atoms with Crippen molar-refractivity contribution in [3.63, 3.8) is 0 Å². The number of aryl methyl sites for hydroxylation is 5. The van der Waals surface area contributed by atoms with Crippen molar-refractivity contribution in [2.24, 2.45) is 14.1 Å². The van der Waals surface area contributed by atoms with E-state index in [1.807, 2.05) is 43.8 Å². The smallest absolute Gasteiger partial charge is 0.154 e. The Morgan fingerprint density at radius 2 is 1.06 bits per heavy atom. The molecule has 9 rings (SSSR count). The van der Waals surface area contributed by atoms with Crippen molar-refractivity contribution in [1.29, 1.82) is 0 Å². The van der Waals surface area contributed by atoms with Gasteiger partial charge in [0.25, 0.3) is 0 Å². The minimum Gasteiger partial charge on any atom is -0.455 e. The van der Waals surface area contributed by atoms with Gasteiger partial charge in [-0.05, 0) is 92.3 Å². The summed E-state index contributed by atoms with van der Waals surface area (Å²) in [6.45, 7) is 21.8. The molecule has 0 bridgehead atoms. The Kier molecular flexibility index (Phi) is 15.7. The summed E-state index contributed by atoms with van der Waals surface area (Å²) < 4.78 is 11.3. The fourth-order valence-electron chi connectivity index (χ4n) is 8.60. The van der Waals surface area contributed by atoms with Gasteiger partial charge in [-0.1, -0.05) is 193 Å². The van der Waals surface area contributed by atoms with Crippen LogP contribution < -0.4 is 4.74 Å². The zero-order valence-electron chi connectivity index (χ0n) is 39.8. The summed E-state index contributed by atoms with van der Waals surface area (Å²) in [6.07, 6.45) is 3.41. The lowest BCUT2D eigenvalue weighted by Gasteiger charge is -2.26. The summed E-state index contributed by atoms with van der Waals surface area (Å²) >= 11 is 1.94. The van der Waals surface area contributed by atoms with E-state index in [1.165, 1.54) is 83.0 Å². The molecular weight excluding hydrogens is 785 g/mol. The molecule has 0 atom stereocenters. The first kappa shape index (κ1) is 46.8. The van der Waals surface area contributed by atoms with Crippen LogP contribution in [0.2, 0.25) is 0 Å². The predicted molar refractivity (Wildman–Crippen MR) is 277 cm³/mol. The third-order valence-corrected chi connectivity index (χ3v) is 14.0. The highest BCUT2D eigenvalue weighted by atomic mass is 32.2. The molecule has 0 unspecified atom stereocenters. The molecule has 0 fully saturated rings. The van der Waals surface area contributed by atoms with Crippen LogP contribution in [0, 0.1) is 20.8 Å². The van der Waals surface area contributed by atoms with Crippen LogP contribution >= 0.6 is 11.8 Å². The lowest BCUT2D eigenvalue weighted by atomic mass is 9.82. The maximum absolute atomic E-state index is 6.63. The van der Waals surface area contributed by atoms with E-state index >= 15 is 0 Å². The summed E-state index contributed by atoms with van der Waals surface area (Å²) in [6, 6.07) is 53.8. The van der Waals surface area contributed by atoms with Crippen molar-refractivity contribution in [3.8, 4) is 11.5 Å². The molecule has 0 saturated heterocycles. The first-order chi connectivity index (χ1) is 30.5. The van der Waals surface area contributed by atoms with Gasteiger partial charge in [0.05, 0.1) is 11.0 Å². The highest BCUT2D eigenvalue weighted by Crippen LogP contribution is 2.45. The summed E-state index contributed by atoms with van der Waals surface area (Å²) in [7, 11) is 4.34. The van der Waals surface area contributed by atoms with Gasteiger partial charge in [0.1, 0.15) is 5.75 Å². The van der Waals surface area contributed by atoms with Crippen LogP contribution in [-0.4, -0.2) is 9.13 Å². The summed E-state index contributed by atoms with van der Waals surface area (Å²) in [5.74, 6) is 2.50. The van der Waals surface area contributed by atoms with E-state index in [0.29, 0.717) is 5.92 Å². The van der Waals surface area contributed by atoms with Crippen LogP contribution in [0.15, 0.2) is 161 Å². The maximum Gasteiger partial charge on any atom is 0.154 e. The zero-order chi connectivity index (χ0) is 45.3. The van der Waals surface area contributed by atoms with Gasteiger partial charge < -0.3 is 13.9 Å². The molecule has 4 heteroatoms. The molecule has 0 aliphatic rings. The Balaban J connectivity index is 0.000000176. The average molecular weight is 853 g/mol.